The Balaban J connectivity index is 1.57. The Morgan fingerprint density at radius 1 is 1.07 bits per heavy atom. The second-order valence-corrected chi connectivity index (χ2v) is 6.02. The summed E-state index contributed by atoms with van der Waals surface area (Å²) in [6, 6.07) is 19.4. The predicted molar refractivity (Wildman–Crippen MR) is 112 cm³/mol. The third-order valence-corrected chi connectivity index (χ3v) is 4.12. The molecule has 0 aliphatic carbocycles. The van der Waals surface area contributed by atoms with Crippen LogP contribution < -0.4 is 20.2 Å². The number of methoxy groups -OCH3 is 1. The lowest BCUT2D eigenvalue weighted by Crippen LogP contribution is -2.25. The number of benzene rings is 3. The molecule has 0 fully saturated rings. The van der Waals surface area contributed by atoms with Gasteiger partial charge in [0, 0.05) is 11.1 Å². The lowest BCUT2D eigenvalue weighted by Gasteiger charge is -2.10. The van der Waals surface area contributed by atoms with Crippen molar-refractivity contribution >= 4 is 28.6 Å². The minimum absolute atomic E-state index is 0.123. The summed E-state index contributed by atoms with van der Waals surface area (Å²) in [7, 11) is 1.59. The topological polar surface area (TPSA) is 72.0 Å². The molecular formula is C22H23N3O3. The minimum atomic E-state index is -0.234. The van der Waals surface area contributed by atoms with Crippen molar-refractivity contribution < 1.29 is 14.3 Å². The molecular weight excluding hydrogens is 354 g/mol. The van der Waals surface area contributed by atoms with Crippen molar-refractivity contribution in [1.82, 2.24) is 5.43 Å². The molecule has 3 rings (SSSR count). The Kier molecular flexibility index (Phi) is 6.46. The van der Waals surface area contributed by atoms with E-state index in [0.717, 1.165) is 22.0 Å². The maximum Gasteiger partial charge on any atom is 0.259 e. The van der Waals surface area contributed by atoms with Crippen molar-refractivity contribution in [3.05, 3.63) is 66.2 Å². The summed E-state index contributed by atoms with van der Waals surface area (Å²) in [5, 5.41) is 9.36. The van der Waals surface area contributed by atoms with Gasteiger partial charge < -0.3 is 14.8 Å². The smallest absolute Gasteiger partial charge is 0.259 e. The number of carbonyl (C=O) groups is 1. The van der Waals surface area contributed by atoms with Crippen molar-refractivity contribution in [2.24, 2.45) is 5.10 Å². The standard InChI is InChI=1S/C22H23N3O3/c1-3-28-21-13-16(11-12-20(21)27-2)14-24-25-22(26)15-23-19-10-6-8-17-7-4-5-9-18(17)19/h4-14,23H,3,15H2,1-2H3,(H,25,26)/b24-14+. The van der Waals surface area contributed by atoms with E-state index in [2.05, 4.69) is 15.8 Å². The summed E-state index contributed by atoms with van der Waals surface area (Å²) in [4.78, 5) is 12.1. The Morgan fingerprint density at radius 3 is 2.71 bits per heavy atom. The number of nitrogens with zero attached hydrogens (tertiary/aromatic N) is 1. The average molecular weight is 377 g/mol. The monoisotopic (exact) mass is 377 g/mol. The van der Waals surface area contributed by atoms with Crippen LogP contribution in [-0.4, -0.2) is 32.4 Å². The molecule has 0 aliphatic heterocycles. The zero-order valence-corrected chi connectivity index (χ0v) is 15.9. The summed E-state index contributed by atoms with van der Waals surface area (Å²) >= 11 is 0. The van der Waals surface area contributed by atoms with Gasteiger partial charge in [-0.3, -0.25) is 4.79 Å². The van der Waals surface area contributed by atoms with Crippen molar-refractivity contribution in [1.29, 1.82) is 0 Å². The lowest BCUT2D eigenvalue weighted by molar-refractivity contribution is -0.119. The second-order valence-electron chi connectivity index (χ2n) is 6.02. The molecule has 2 N–H and O–H groups in total. The summed E-state index contributed by atoms with van der Waals surface area (Å²) in [6.07, 6.45) is 1.57. The molecule has 0 unspecified atom stereocenters. The summed E-state index contributed by atoms with van der Waals surface area (Å²) in [6.45, 7) is 2.56. The number of rotatable bonds is 8. The molecule has 144 valence electrons. The summed E-state index contributed by atoms with van der Waals surface area (Å²) in [5.74, 6) is 1.06. The largest absolute Gasteiger partial charge is 0.493 e. The number of carbonyl (C=O) groups excluding carboxylic acids is 1. The van der Waals surface area contributed by atoms with E-state index in [9.17, 15) is 4.79 Å². The van der Waals surface area contributed by atoms with Gasteiger partial charge in [0.25, 0.3) is 5.91 Å². The van der Waals surface area contributed by atoms with E-state index in [0.29, 0.717) is 18.1 Å². The fourth-order valence-corrected chi connectivity index (χ4v) is 2.82. The van der Waals surface area contributed by atoms with Crippen LogP contribution in [0.4, 0.5) is 5.69 Å². The van der Waals surface area contributed by atoms with E-state index >= 15 is 0 Å². The van der Waals surface area contributed by atoms with Crippen molar-refractivity contribution in [2.45, 2.75) is 6.92 Å². The van der Waals surface area contributed by atoms with Crippen molar-refractivity contribution in [3.8, 4) is 11.5 Å². The van der Waals surface area contributed by atoms with Gasteiger partial charge >= 0.3 is 0 Å². The first kappa shape index (κ1) is 19.2. The number of nitrogens with one attached hydrogen (secondary N) is 2. The average Bonchev–Trinajstić information content (AvgIpc) is 2.72. The molecule has 0 heterocycles. The minimum Gasteiger partial charge on any atom is -0.493 e. The van der Waals surface area contributed by atoms with Gasteiger partial charge in [-0.15, -0.1) is 0 Å². The highest BCUT2D eigenvalue weighted by molar-refractivity contribution is 5.95. The molecule has 0 radical (unpaired) electrons. The number of hydrazone groups is 1. The Hall–Kier alpha value is -3.54. The molecule has 0 saturated heterocycles. The molecule has 0 aliphatic rings. The molecule has 6 heteroatoms. The highest BCUT2D eigenvalue weighted by Crippen LogP contribution is 2.27. The van der Waals surface area contributed by atoms with Crippen LogP contribution in [0.1, 0.15) is 12.5 Å². The lowest BCUT2D eigenvalue weighted by atomic mass is 10.1. The molecule has 0 bridgehead atoms. The highest BCUT2D eigenvalue weighted by atomic mass is 16.5. The van der Waals surface area contributed by atoms with Gasteiger partial charge in [0.15, 0.2) is 11.5 Å². The summed E-state index contributed by atoms with van der Waals surface area (Å²) in [5.41, 5.74) is 4.23. The fraction of sp³-hybridized carbons (Fsp3) is 0.182. The first-order chi connectivity index (χ1) is 13.7. The van der Waals surface area contributed by atoms with Crippen LogP contribution >= 0.6 is 0 Å². The molecule has 3 aromatic carbocycles. The van der Waals surface area contributed by atoms with E-state index < -0.39 is 0 Å². The molecule has 6 nitrogen and oxygen atoms in total. The van der Waals surface area contributed by atoms with Crippen LogP contribution in [0.5, 0.6) is 11.5 Å². The van der Waals surface area contributed by atoms with Crippen LogP contribution in [0, 0.1) is 0 Å². The van der Waals surface area contributed by atoms with Crippen molar-refractivity contribution in [3.63, 3.8) is 0 Å². The SMILES string of the molecule is CCOc1cc(/C=N/NC(=O)CNc2cccc3ccccc23)ccc1OC. The second kappa shape index (κ2) is 9.41. The molecule has 0 atom stereocenters. The summed E-state index contributed by atoms with van der Waals surface area (Å²) < 4.78 is 10.8. The van der Waals surface area contributed by atoms with Crippen LogP contribution in [0.2, 0.25) is 0 Å². The molecule has 1 amide bonds. The van der Waals surface area contributed by atoms with E-state index in [-0.39, 0.29) is 12.5 Å². The maximum atomic E-state index is 12.1. The van der Waals surface area contributed by atoms with Gasteiger partial charge in [-0.2, -0.15) is 5.10 Å². The zero-order valence-electron chi connectivity index (χ0n) is 15.9. The Bertz CT molecular complexity index is 980. The number of amides is 1. The van der Waals surface area contributed by atoms with E-state index in [4.69, 9.17) is 9.47 Å². The third-order valence-electron chi connectivity index (χ3n) is 4.12. The molecule has 0 saturated carbocycles. The molecule has 28 heavy (non-hydrogen) atoms. The van der Waals surface area contributed by atoms with Gasteiger partial charge in [-0.05, 0) is 42.1 Å². The Labute approximate surface area is 164 Å². The predicted octanol–water partition coefficient (Wildman–Crippen LogP) is 3.81. The van der Waals surface area contributed by atoms with Gasteiger partial charge in [0.2, 0.25) is 0 Å². The van der Waals surface area contributed by atoms with E-state index in [1.807, 2.05) is 61.5 Å². The van der Waals surface area contributed by atoms with Crippen molar-refractivity contribution in [2.75, 3.05) is 25.6 Å². The number of hydrogen-bond acceptors (Lipinski definition) is 5. The van der Waals surface area contributed by atoms with Crippen LogP contribution in [0.25, 0.3) is 10.8 Å². The quantitative estimate of drug-likeness (QED) is 0.463. The fourth-order valence-electron chi connectivity index (χ4n) is 2.82. The van der Waals surface area contributed by atoms with Gasteiger partial charge in [-0.25, -0.2) is 5.43 Å². The van der Waals surface area contributed by atoms with E-state index in [1.165, 1.54) is 0 Å². The number of anilines is 1. The van der Waals surface area contributed by atoms with Gasteiger partial charge in [-0.1, -0.05) is 36.4 Å². The van der Waals surface area contributed by atoms with E-state index in [1.54, 1.807) is 19.4 Å². The molecule has 0 aromatic heterocycles. The van der Waals surface area contributed by atoms with Crippen LogP contribution in [-0.2, 0) is 4.79 Å². The molecule has 0 spiro atoms. The number of hydrogen-bond donors (Lipinski definition) is 2. The third kappa shape index (κ3) is 4.79. The number of ether oxygens (including phenoxy) is 2. The Morgan fingerprint density at radius 2 is 1.89 bits per heavy atom. The highest BCUT2D eigenvalue weighted by Gasteiger charge is 2.05. The first-order valence-electron chi connectivity index (χ1n) is 9.05. The van der Waals surface area contributed by atoms with Crippen LogP contribution in [0.3, 0.4) is 0 Å². The molecule has 3 aromatic rings. The first-order valence-corrected chi connectivity index (χ1v) is 9.05. The maximum absolute atomic E-state index is 12.1. The number of fused-ring (bicyclic) bond motifs is 1. The van der Waals surface area contributed by atoms with Gasteiger partial charge in [0.1, 0.15) is 0 Å². The van der Waals surface area contributed by atoms with Gasteiger partial charge in [0.05, 0.1) is 26.5 Å². The zero-order chi connectivity index (χ0) is 19.8. The van der Waals surface area contributed by atoms with Crippen LogP contribution in [0.15, 0.2) is 65.8 Å². The normalized spacial score (nSPS) is 10.8.